The van der Waals surface area contributed by atoms with Crippen LogP contribution in [0.3, 0.4) is 0 Å². The number of amides is 2. The van der Waals surface area contributed by atoms with Crippen LogP contribution >= 0.6 is 0 Å². The van der Waals surface area contributed by atoms with Crippen LogP contribution in [0.1, 0.15) is 42.9 Å². The van der Waals surface area contributed by atoms with Crippen molar-refractivity contribution < 1.29 is 23.9 Å². The second kappa shape index (κ2) is 9.25. The Labute approximate surface area is 173 Å². The van der Waals surface area contributed by atoms with Gasteiger partial charge in [-0.05, 0) is 43.2 Å². The molecular formula is C21H24N4O5. The van der Waals surface area contributed by atoms with Crippen molar-refractivity contribution >= 4 is 29.3 Å². The number of carboxylic acids is 1. The third-order valence-electron chi connectivity index (χ3n) is 5.13. The lowest BCUT2D eigenvalue weighted by Crippen LogP contribution is -2.43. The Morgan fingerprint density at radius 2 is 2.03 bits per heavy atom. The van der Waals surface area contributed by atoms with Crippen molar-refractivity contribution in [2.45, 2.75) is 31.7 Å². The van der Waals surface area contributed by atoms with E-state index in [0.717, 1.165) is 6.42 Å². The molecule has 5 N–H and O–H groups in total. The van der Waals surface area contributed by atoms with Crippen LogP contribution in [0.5, 0.6) is 0 Å². The van der Waals surface area contributed by atoms with Crippen LogP contribution in [0.15, 0.2) is 47.3 Å². The van der Waals surface area contributed by atoms with E-state index in [9.17, 15) is 14.4 Å². The van der Waals surface area contributed by atoms with E-state index in [4.69, 9.17) is 20.7 Å². The number of benzene rings is 1. The molecule has 1 fully saturated rings. The Kier molecular flexibility index (Phi) is 6.51. The molecule has 1 aliphatic rings. The average Bonchev–Trinajstić information content (AvgIpc) is 3.24. The Morgan fingerprint density at radius 1 is 1.30 bits per heavy atom. The fourth-order valence-corrected chi connectivity index (χ4v) is 3.59. The number of carboxylic acid groups (broad SMARTS) is 1. The van der Waals surface area contributed by atoms with E-state index in [1.165, 1.54) is 12.5 Å². The molecule has 0 saturated carbocycles. The molecule has 3 rings (SSSR count). The van der Waals surface area contributed by atoms with Gasteiger partial charge >= 0.3 is 5.97 Å². The summed E-state index contributed by atoms with van der Waals surface area (Å²) >= 11 is 0. The van der Waals surface area contributed by atoms with Gasteiger partial charge in [-0.25, -0.2) is 0 Å². The predicted octanol–water partition coefficient (Wildman–Crippen LogP) is 2.03. The minimum absolute atomic E-state index is 0.0190. The van der Waals surface area contributed by atoms with E-state index in [0.29, 0.717) is 29.8 Å². The van der Waals surface area contributed by atoms with Crippen LogP contribution in [0.25, 0.3) is 0 Å². The fraction of sp³-hybridized carbons (Fsp3) is 0.333. The molecule has 1 aromatic carbocycles. The van der Waals surface area contributed by atoms with Crippen molar-refractivity contribution in [2.24, 2.45) is 11.7 Å². The van der Waals surface area contributed by atoms with Gasteiger partial charge in [-0.2, -0.15) is 0 Å². The minimum atomic E-state index is -1.05. The van der Waals surface area contributed by atoms with Crippen molar-refractivity contribution in [3.05, 3.63) is 54.0 Å². The normalized spacial score (nSPS) is 17.4. The predicted molar refractivity (Wildman–Crippen MR) is 109 cm³/mol. The number of nitrogens with two attached hydrogens (primary N) is 1. The Morgan fingerprint density at radius 3 is 2.63 bits per heavy atom. The van der Waals surface area contributed by atoms with Crippen molar-refractivity contribution in [2.75, 3.05) is 11.4 Å². The van der Waals surface area contributed by atoms with Crippen LogP contribution in [0.2, 0.25) is 0 Å². The van der Waals surface area contributed by atoms with E-state index in [-0.39, 0.29) is 30.5 Å². The zero-order valence-corrected chi connectivity index (χ0v) is 16.3. The number of carbonyl (C=O) groups excluding carboxylic acids is 2. The fourth-order valence-electron chi connectivity index (χ4n) is 3.59. The van der Waals surface area contributed by atoms with Gasteiger partial charge in [0.25, 0.3) is 0 Å². The monoisotopic (exact) mass is 412 g/mol. The average molecular weight is 412 g/mol. The lowest BCUT2D eigenvalue weighted by atomic mass is 9.92. The third kappa shape index (κ3) is 5.05. The van der Waals surface area contributed by atoms with Crippen molar-refractivity contribution in [1.29, 1.82) is 5.41 Å². The number of carbonyl (C=O) groups is 3. The van der Waals surface area contributed by atoms with Crippen LogP contribution in [0.4, 0.5) is 5.69 Å². The lowest BCUT2D eigenvalue weighted by molar-refractivity contribution is -0.138. The molecule has 1 aliphatic heterocycles. The summed E-state index contributed by atoms with van der Waals surface area (Å²) < 4.78 is 4.99. The highest BCUT2D eigenvalue weighted by Crippen LogP contribution is 2.27. The van der Waals surface area contributed by atoms with E-state index in [1.54, 1.807) is 35.2 Å². The van der Waals surface area contributed by atoms with Gasteiger partial charge in [0, 0.05) is 35.7 Å². The number of hydrogen-bond donors (Lipinski definition) is 4. The molecule has 2 amide bonds. The van der Waals surface area contributed by atoms with E-state index < -0.39 is 17.9 Å². The molecule has 9 nitrogen and oxygen atoms in total. The summed E-state index contributed by atoms with van der Waals surface area (Å²) in [5, 5.41) is 19.3. The summed E-state index contributed by atoms with van der Waals surface area (Å²) in [6.07, 6.45) is 3.84. The van der Waals surface area contributed by atoms with Gasteiger partial charge in [0.1, 0.15) is 5.84 Å². The molecule has 2 aromatic rings. The molecule has 1 saturated heterocycles. The molecule has 0 radical (unpaired) electrons. The SMILES string of the molecule is N=C(N)c1ccc(N2CCC[C@@H](CC(=O)NC(CC(=O)O)c3ccoc3)C2=O)cc1. The van der Waals surface area contributed by atoms with Gasteiger partial charge in [-0.15, -0.1) is 0 Å². The molecule has 0 aliphatic carbocycles. The first-order valence-corrected chi connectivity index (χ1v) is 9.64. The van der Waals surface area contributed by atoms with Crippen molar-refractivity contribution in [1.82, 2.24) is 5.32 Å². The van der Waals surface area contributed by atoms with Crippen molar-refractivity contribution in [3.8, 4) is 0 Å². The number of piperidine rings is 1. The quantitative estimate of drug-likeness (QED) is 0.385. The highest BCUT2D eigenvalue weighted by atomic mass is 16.4. The van der Waals surface area contributed by atoms with Gasteiger partial charge < -0.3 is 25.5 Å². The van der Waals surface area contributed by atoms with Gasteiger partial charge in [-0.3, -0.25) is 19.8 Å². The first-order valence-electron chi connectivity index (χ1n) is 9.64. The minimum Gasteiger partial charge on any atom is -0.481 e. The van der Waals surface area contributed by atoms with Crippen LogP contribution in [-0.4, -0.2) is 35.3 Å². The van der Waals surface area contributed by atoms with Crippen LogP contribution in [0, 0.1) is 11.3 Å². The zero-order valence-electron chi connectivity index (χ0n) is 16.3. The summed E-state index contributed by atoms with van der Waals surface area (Å²) in [5.41, 5.74) is 7.29. The van der Waals surface area contributed by atoms with Gasteiger partial charge in [0.2, 0.25) is 11.8 Å². The van der Waals surface area contributed by atoms with Crippen molar-refractivity contribution in [3.63, 3.8) is 0 Å². The van der Waals surface area contributed by atoms with E-state index in [1.807, 2.05) is 0 Å². The molecule has 0 bridgehead atoms. The topological polar surface area (TPSA) is 150 Å². The number of nitrogens with zero attached hydrogens (tertiary/aromatic N) is 1. The number of hydrogen-bond acceptors (Lipinski definition) is 5. The Balaban J connectivity index is 1.65. The Hall–Kier alpha value is -3.62. The zero-order chi connectivity index (χ0) is 21.7. The molecule has 158 valence electrons. The molecule has 0 spiro atoms. The maximum atomic E-state index is 12.9. The molecule has 1 aromatic heterocycles. The van der Waals surface area contributed by atoms with E-state index in [2.05, 4.69) is 5.32 Å². The number of rotatable bonds is 8. The largest absolute Gasteiger partial charge is 0.481 e. The summed E-state index contributed by atoms with van der Waals surface area (Å²) in [4.78, 5) is 38.3. The van der Waals surface area contributed by atoms with Gasteiger partial charge in [-0.1, -0.05) is 0 Å². The maximum absolute atomic E-state index is 12.9. The molecule has 1 unspecified atom stereocenters. The number of nitrogens with one attached hydrogen (secondary N) is 2. The van der Waals surface area contributed by atoms with E-state index >= 15 is 0 Å². The molecule has 2 atom stereocenters. The van der Waals surface area contributed by atoms with Gasteiger partial charge in [0.15, 0.2) is 0 Å². The lowest BCUT2D eigenvalue weighted by Gasteiger charge is -2.32. The highest BCUT2D eigenvalue weighted by molar-refractivity contribution is 5.99. The highest BCUT2D eigenvalue weighted by Gasteiger charge is 2.32. The smallest absolute Gasteiger partial charge is 0.305 e. The molecule has 2 heterocycles. The molecule has 30 heavy (non-hydrogen) atoms. The van der Waals surface area contributed by atoms with Gasteiger partial charge in [0.05, 0.1) is 25.0 Å². The first-order chi connectivity index (χ1) is 14.3. The number of furan rings is 1. The number of anilines is 1. The summed E-state index contributed by atoms with van der Waals surface area (Å²) in [6.45, 7) is 0.549. The first kappa shape index (κ1) is 21.1. The molecule has 9 heteroatoms. The Bertz CT molecular complexity index is 923. The standard InChI is InChI=1S/C21H24N4O5/c22-20(23)13-3-5-16(6-4-13)25-8-1-2-14(21(25)29)10-18(26)24-17(11-19(27)28)15-7-9-30-12-15/h3-7,9,12,14,17H,1-2,8,10-11H2,(H3,22,23)(H,24,26)(H,27,28)/t14-,17?/m0/s1. The van der Waals surface area contributed by atoms with Crippen LogP contribution < -0.4 is 16.0 Å². The maximum Gasteiger partial charge on any atom is 0.305 e. The second-order valence-corrected chi connectivity index (χ2v) is 7.27. The number of nitrogen functional groups attached to an aromatic ring is 1. The summed E-state index contributed by atoms with van der Waals surface area (Å²) in [6, 6.07) is 7.72. The summed E-state index contributed by atoms with van der Waals surface area (Å²) in [7, 11) is 0. The number of aliphatic carboxylic acids is 1. The summed E-state index contributed by atoms with van der Waals surface area (Å²) in [5.74, 6) is -2.11. The number of amidine groups is 1. The van der Waals surface area contributed by atoms with Crippen LogP contribution in [-0.2, 0) is 14.4 Å². The molecular weight excluding hydrogens is 388 g/mol. The second-order valence-electron chi connectivity index (χ2n) is 7.27. The third-order valence-corrected chi connectivity index (χ3v) is 5.13.